The van der Waals surface area contributed by atoms with Crippen LogP contribution in [-0.2, 0) is 52.9 Å². The summed E-state index contributed by atoms with van der Waals surface area (Å²) in [6.07, 6.45) is 24.7. The number of phenols is 1. The van der Waals surface area contributed by atoms with Gasteiger partial charge in [0.25, 0.3) is 6.47 Å². The molecule has 5 aliphatic heterocycles. The summed E-state index contributed by atoms with van der Waals surface area (Å²) in [4.78, 5) is 30.9. The Morgan fingerprint density at radius 1 is 0.417 bits per heavy atom. The first-order valence-electron chi connectivity index (χ1n) is 43.5. The Labute approximate surface area is 754 Å². The molecule has 127 heavy (non-hydrogen) atoms. The summed E-state index contributed by atoms with van der Waals surface area (Å²) < 4.78 is 277. The lowest BCUT2D eigenvalue weighted by molar-refractivity contribution is -0.225. The summed E-state index contributed by atoms with van der Waals surface area (Å²) in [6, 6.07) is 2.75. The van der Waals surface area contributed by atoms with E-state index in [0.717, 1.165) is 144 Å². The van der Waals surface area contributed by atoms with E-state index in [1.165, 1.54) is 87.2 Å². The van der Waals surface area contributed by atoms with Crippen LogP contribution in [0.1, 0.15) is 233 Å². The van der Waals surface area contributed by atoms with Crippen molar-refractivity contribution in [3.05, 3.63) is 98.6 Å². The fourth-order valence-electron chi connectivity index (χ4n) is 19.2. The number of alkyl halides is 7. The van der Waals surface area contributed by atoms with Crippen molar-refractivity contribution in [1.29, 1.82) is 0 Å². The molecule has 0 atom stereocenters. The molecule has 16 nitrogen and oxygen atoms in total. The molecule has 3 aromatic rings. The van der Waals surface area contributed by atoms with Gasteiger partial charge in [-0.25, -0.2) is 39.5 Å². The van der Waals surface area contributed by atoms with Crippen LogP contribution in [-0.4, -0.2) is 151 Å². The number of carbonyl (C=O) groups is 3. The Morgan fingerprint density at radius 3 is 0.921 bits per heavy atom. The van der Waals surface area contributed by atoms with E-state index in [-0.39, 0.29) is 64.4 Å². The second-order valence-corrected chi connectivity index (χ2v) is 48.1. The average Bonchev–Trinajstić information content (AvgIpc) is 1.69. The van der Waals surface area contributed by atoms with Gasteiger partial charge < -0.3 is 48.1 Å². The summed E-state index contributed by atoms with van der Waals surface area (Å²) >= 11 is 8.65. The number of Topliss-reactive ketones (excluding diaryl/α,β-unsaturated/α-hetero) is 2. The van der Waals surface area contributed by atoms with E-state index in [1.807, 2.05) is 0 Å². The highest BCUT2D eigenvalue weighted by molar-refractivity contribution is 8.22. The first-order chi connectivity index (χ1) is 59.0. The smallest absolute Gasteiger partial charge is 0.508 e. The van der Waals surface area contributed by atoms with Crippen molar-refractivity contribution in [1.82, 2.24) is 0 Å². The molecule has 16 rings (SSSR count). The Bertz CT molecular complexity index is 3940. The molecule has 8 aliphatic carbocycles. The largest absolute Gasteiger partial charge is 0.522 e. The maximum absolute atomic E-state index is 14.5. The minimum atomic E-state index is -5.84. The van der Waals surface area contributed by atoms with Crippen molar-refractivity contribution >= 4 is 83.3 Å². The summed E-state index contributed by atoms with van der Waals surface area (Å²) in [7, 11) is -6.67. The zero-order chi connectivity index (χ0) is 91.1. The fourth-order valence-corrected chi connectivity index (χ4v) is 28.9. The lowest BCUT2D eigenvalue weighted by atomic mass is 9.70. The number of rotatable bonds is 11. The van der Waals surface area contributed by atoms with Gasteiger partial charge in [-0.15, -0.1) is 23.5 Å². The highest BCUT2D eigenvalue weighted by Crippen LogP contribution is 2.52. The van der Waals surface area contributed by atoms with Gasteiger partial charge in [-0.1, -0.05) is 40.1 Å². The van der Waals surface area contributed by atoms with Crippen molar-refractivity contribution in [2.75, 3.05) is 62.7 Å². The number of hydrogen-bond acceptors (Lipinski definition) is 18. The number of halogens is 16. The highest BCUT2D eigenvalue weighted by Gasteiger charge is 2.51. The number of thioether (sulfide) groups is 4. The Morgan fingerprint density at radius 2 is 0.661 bits per heavy atom. The summed E-state index contributed by atoms with van der Waals surface area (Å²) in [5.41, 5.74) is -3.74. The molecular weight excluding hydrogens is 1820 g/mol. The molecule has 0 bridgehead atoms. The zero-order valence-corrected chi connectivity index (χ0v) is 75.8. The molecule has 8 saturated carbocycles. The van der Waals surface area contributed by atoms with Crippen LogP contribution in [0.4, 0.5) is 70.2 Å². The van der Waals surface area contributed by atoms with E-state index in [9.17, 15) is 79.8 Å². The highest BCUT2D eigenvalue weighted by atomic mass is 32.2. The lowest BCUT2D eigenvalue weighted by Gasteiger charge is -2.41. The van der Waals surface area contributed by atoms with E-state index < -0.39 is 123 Å². The van der Waals surface area contributed by atoms with Crippen LogP contribution in [0.5, 0.6) is 17.2 Å². The van der Waals surface area contributed by atoms with E-state index in [1.54, 1.807) is 9.81 Å². The number of carbonyl (C=O) groups excluding carboxylic acids is 2. The number of benzene rings is 3. The molecule has 3 spiro atoms. The molecule has 3 N–H and O–H groups in total. The van der Waals surface area contributed by atoms with Gasteiger partial charge in [0.05, 0.1) is 59.6 Å². The van der Waals surface area contributed by atoms with E-state index in [0.29, 0.717) is 118 Å². The van der Waals surface area contributed by atoms with Crippen molar-refractivity contribution in [2.24, 2.45) is 59.2 Å². The molecule has 3 aromatic carbocycles. The fraction of sp³-hybridized carbons (Fsp3) is 0.742. The number of allylic oxidation sites excluding steroid dienone is 1. The molecule has 0 radical (unpaired) electrons. The number of carboxylic acid groups (broad SMARTS) is 1. The lowest BCUT2D eigenvalue weighted by Crippen LogP contribution is -2.40. The summed E-state index contributed by atoms with van der Waals surface area (Å²) in [6.45, 7) is 11.6. The number of phenolic OH excluding ortho intramolecular Hbond substituents is 1. The third-order valence-corrected chi connectivity index (χ3v) is 38.6. The Balaban J connectivity index is 0.000000210. The quantitative estimate of drug-likeness (QED) is 0.0406. The molecule has 38 heteroatoms. The number of ether oxygens (including phenoxy) is 8. The van der Waals surface area contributed by atoms with Crippen molar-refractivity contribution < 1.29 is 146 Å². The Kier molecular flexibility index (Phi) is 43.6. The minimum Gasteiger partial charge on any atom is -0.508 e. The first kappa shape index (κ1) is 110. The van der Waals surface area contributed by atoms with Gasteiger partial charge in [0.15, 0.2) is 69.7 Å². The average molecular weight is 1940 g/mol. The van der Waals surface area contributed by atoms with Crippen LogP contribution in [0.3, 0.4) is 0 Å². The molecule has 13 aliphatic rings. The topological polar surface area (TPSA) is 220 Å². The molecule has 0 unspecified atom stereocenters. The van der Waals surface area contributed by atoms with Gasteiger partial charge >= 0.3 is 27.8 Å². The van der Waals surface area contributed by atoms with Gasteiger partial charge in [0.2, 0.25) is 0 Å². The van der Waals surface area contributed by atoms with Gasteiger partial charge in [-0.2, -0.15) is 62.7 Å². The maximum Gasteiger partial charge on any atom is 0.522 e. The standard InChI is InChI=1S/C21H25F5O3.C19H21F5O2.C18H28O2S2.C14H22O3.C7H16S2Si.C6H3F3O.CHF3O3S.CH2O2.2CH4/c22-17-11-16(12-18(23)19(17)24)29-21(25,26)15-3-1-13(2-4-15)14-5-7-20(8-6-14)27-9-10-28-20;20-16-9-15(10-17(21)18(16)22)26-19(23,24)13-5-1-11(2-6-13)12-3-7-14(25)8-4-12;1-12-21-17(22-13-1)16-4-2-14(3-5-16)15-6-8-18(9-7-15)19-10-11-20-18;15-13-3-1-11(2-4-13)12-5-7-14(8-6-12)16-9-10-17-14;1-10(2,3)7-8-5-4-6-9-7;7-4-1-3(10)2-5(8)6(4)9;2-1(3,4)8(5,6)7;2-1-3;;/h11-15H,1-10H2;9-13H,1-8H2;14-15H,1-13H2;11-12H,1-10H2;7H,4-6H2,1-3H3;1-2,10H;(H,5,6,7);1H,(H,2,3);2*1H4. The van der Waals surface area contributed by atoms with Crippen LogP contribution in [0.2, 0.25) is 19.6 Å². The monoisotopic (exact) mass is 1940 g/mol. The normalized spacial score (nSPS) is 26.0. The predicted molar refractivity (Wildman–Crippen MR) is 461 cm³/mol. The van der Waals surface area contributed by atoms with Crippen LogP contribution in [0.25, 0.3) is 0 Å². The zero-order valence-electron chi connectivity index (χ0n) is 70.7. The van der Waals surface area contributed by atoms with Crippen LogP contribution in [0.15, 0.2) is 46.2 Å². The second-order valence-electron chi connectivity index (χ2n) is 35.4. The van der Waals surface area contributed by atoms with Gasteiger partial charge in [-0.05, 0) is 224 Å². The van der Waals surface area contributed by atoms with Gasteiger partial charge in [0, 0.05) is 109 Å². The second kappa shape index (κ2) is 50.4. The SMILES string of the molecule is C.C.C1CSC(=C2CCC(C3CCC4(CC3)OCCO4)CC2)SC1.C[Si](C)(C)C1SCCCS1.Fc1cc(OC(F)(F)C2CCC(C3CCC4(CC3)OCCO4)CC2)cc(F)c1F.O=C1CCC(C2CCC(C(F)(F)Oc3cc(F)c(F)c(F)c3)CC2)CC1.O=C1CCC(C2CCC3(CC2)OCCO3)CC1.O=CO.O=S(=O)(O)C(F)(F)F.Oc1cc(F)c(F)c(F)c1. The number of ketones is 2. The Hall–Kier alpha value is -4.22. The van der Waals surface area contributed by atoms with Crippen LogP contribution >= 0.6 is 47.0 Å². The van der Waals surface area contributed by atoms with Crippen LogP contribution in [0, 0.1) is 112 Å². The van der Waals surface area contributed by atoms with Crippen molar-refractivity contribution in [2.45, 2.75) is 292 Å². The van der Waals surface area contributed by atoms with E-state index in [2.05, 4.69) is 76.2 Å². The van der Waals surface area contributed by atoms with E-state index >= 15 is 0 Å². The van der Waals surface area contributed by atoms with Crippen molar-refractivity contribution in [3.63, 3.8) is 0 Å². The van der Waals surface area contributed by atoms with Crippen LogP contribution < -0.4 is 9.47 Å². The summed E-state index contributed by atoms with van der Waals surface area (Å²) in [5.74, 6) is -7.66. The maximum atomic E-state index is 14.5. The minimum absolute atomic E-state index is 0. The van der Waals surface area contributed by atoms with Gasteiger partial charge in [0.1, 0.15) is 28.8 Å². The molecular formula is C89H126F16O16S5Si. The third-order valence-electron chi connectivity index (χ3n) is 26.0. The molecule has 5 heterocycles. The molecule has 0 aromatic heterocycles. The van der Waals surface area contributed by atoms with E-state index in [4.69, 9.17) is 56.4 Å². The van der Waals surface area contributed by atoms with Gasteiger partial charge in [-0.3, -0.25) is 18.9 Å². The molecule has 5 saturated heterocycles. The first-order valence-corrected chi connectivity index (χ1v) is 52.6. The summed E-state index contributed by atoms with van der Waals surface area (Å²) in [5, 5.41) is 15.4. The number of hydrogen-bond donors (Lipinski definition) is 3. The third kappa shape index (κ3) is 33.1. The van der Waals surface area contributed by atoms with Crippen molar-refractivity contribution in [3.8, 4) is 17.2 Å². The molecule has 0 amide bonds. The molecule has 13 fully saturated rings. The number of aromatic hydroxyl groups is 1. The predicted octanol–water partition coefficient (Wildman–Crippen LogP) is 25.6. The molecule has 724 valence electrons.